The number of hydrogen-bond donors (Lipinski definition) is 1. The molecule has 0 unspecified atom stereocenters. The maximum Gasteiger partial charge on any atom is 0.244 e. The number of benzene rings is 2. The number of sulfonamides is 1. The van der Waals surface area contributed by atoms with Crippen LogP contribution >= 0.6 is 15.9 Å². The topological polar surface area (TPSA) is 96.0 Å². The van der Waals surface area contributed by atoms with Gasteiger partial charge in [0, 0.05) is 18.1 Å². The van der Waals surface area contributed by atoms with E-state index in [1.165, 1.54) is 11.9 Å². The number of likely N-dealkylation sites (N-methyl/N-ethyl adjacent to an activating group) is 1. The molecular weight excluding hydrogens is 498 g/mol. The number of halogens is 1. The Hall–Kier alpha value is -2.59. The summed E-state index contributed by atoms with van der Waals surface area (Å²) in [5.74, 6) is -0.138. The highest BCUT2D eigenvalue weighted by Gasteiger charge is 2.31. The zero-order valence-corrected chi connectivity index (χ0v) is 20.9. The van der Waals surface area contributed by atoms with Gasteiger partial charge in [-0.3, -0.25) is 13.9 Å². The summed E-state index contributed by atoms with van der Waals surface area (Å²) in [7, 11) is -0.705. The number of nitrogens with one attached hydrogen (secondary N) is 1. The number of methoxy groups -OCH3 is 1. The molecule has 0 aliphatic heterocycles. The van der Waals surface area contributed by atoms with Gasteiger partial charge in [0.25, 0.3) is 0 Å². The molecule has 0 bridgehead atoms. The molecule has 1 atom stereocenters. The van der Waals surface area contributed by atoms with Gasteiger partial charge >= 0.3 is 0 Å². The van der Waals surface area contributed by atoms with Crippen LogP contribution < -0.4 is 14.4 Å². The summed E-state index contributed by atoms with van der Waals surface area (Å²) in [5, 5.41) is 2.59. The van der Waals surface area contributed by atoms with Crippen LogP contribution in [-0.4, -0.2) is 58.1 Å². The first kappa shape index (κ1) is 25.7. The Balaban J connectivity index is 2.42. The molecule has 32 heavy (non-hydrogen) atoms. The van der Waals surface area contributed by atoms with E-state index >= 15 is 0 Å². The van der Waals surface area contributed by atoms with Crippen molar-refractivity contribution in [3.8, 4) is 5.75 Å². The van der Waals surface area contributed by atoms with Gasteiger partial charge in [-0.1, -0.05) is 31.2 Å². The predicted octanol–water partition coefficient (Wildman–Crippen LogP) is 2.78. The van der Waals surface area contributed by atoms with Gasteiger partial charge in [-0.05, 0) is 52.2 Å². The van der Waals surface area contributed by atoms with Crippen LogP contribution in [0.1, 0.15) is 18.9 Å². The number of amides is 2. The molecule has 8 nitrogen and oxygen atoms in total. The van der Waals surface area contributed by atoms with Gasteiger partial charge in [0.15, 0.2) is 0 Å². The van der Waals surface area contributed by atoms with Crippen molar-refractivity contribution in [3.05, 3.63) is 58.6 Å². The Morgan fingerprint density at radius 2 is 1.75 bits per heavy atom. The first-order valence-electron chi connectivity index (χ1n) is 9.98. The van der Waals surface area contributed by atoms with E-state index in [9.17, 15) is 18.0 Å². The second-order valence-corrected chi connectivity index (χ2v) is 9.89. The molecular formula is C22H28BrN3O5S. The average molecular weight is 526 g/mol. The minimum absolute atomic E-state index is 0.141. The normalized spacial score (nSPS) is 12.0. The van der Waals surface area contributed by atoms with Crippen LogP contribution in [0, 0.1) is 0 Å². The molecule has 0 aromatic heterocycles. The quantitative estimate of drug-likeness (QED) is 0.514. The Morgan fingerprint density at radius 3 is 2.25 bits per heavy atom. The maximum atomic E-state index is 13.4. The van der Waals surface area contributed by atoms with Crippen molar-refractivity contribution in [1.82, 2.24) is 10.2 Å². The minimum atomic E-state index is -3.77. The van der Waals surface area contributed by atoms with E-state index in [0.717, 1.165) is 16.1 Å². The molecule has 0 radical (unpaired) electrons. The molecule has 2 rings (SSSR count). The summed E-state index contributed by atoms with van der Waals surface area (Å²) in [6.45, 7) is 1.50. The minimum Gasteiger partial charge on any atom is -0.497 e. The highest BCUT2D eigenvalue weighted by Crippen LogP contribution is 2.28. The van der Waals surface area contributed by atoms with E-state index in [1.54, 1.807) is 62.6 Å². The van der Waals surface area contributed by atoms with Gasteiger partial charge < -0.3 is 15.0 Å². The van der Waals surface area contributed by atoms with Crippen LogP contribution in [0.15, 0.2) is 53.0 Å². The zero-order valence-electron chi connectivity index (χ0n) is 18.5. The Labute approximate surface area is 197 Å². The largest absolute Gasteiger partial charge is 0.497 e. The predicted molar refractivity (Wildman–Crippen MR) is 128 cm³/mol. The standard InChI is InChI=1S/C22H28BrN3O5S/c1-5-19(22(28)24-2)25(14-16-10-12-17(31-3)13-11-16)21(27)15-26(32(4,29)30)20-9-7-6-8-18(20)23/h6-13,19H,5,14-15H2,1-4H3,(H,24,28)/t19-/m0/s1. The van der Waals surface area contributed by atoms with Crippen LogP contribution in [0.2, 0.25) is 0 Å². The summed E-state index contributed by atoms with van der Waals surface area (Å²) >= 11 is 3.35. The van der Waals surface area contributed by atoms with Crippen molar-refractivity contribution in [3.63, 3.8) is 0 Å². The van der Waals surface area contributed by atoms with Crippen LogP contribution in [-0.2, 0) is 26.2 Å². The number of rotatable bonds is 10. The van der Waals surface area contributed by atoms with E-state index in [2.05, 4.69) is 21.2 Å². The molecule has 0 spiro atoms. The van der Waals surface area contributed by atoms with E-state index in [-0.39, 0.29) is 12.5 Å². The number of para-hydroxylation sites is 1. The Bertz CT molecular complexity index is 1040. The van der Waals surface area contributed by atoms with E-state index < -0.39 is 28.5 Å². The highest BCUT2D eigenvalue weighted by atomic mass is 79.9. The number of hydrogen-bond acceptors (Lipinski definition) is 5. The Morgan fingerprint density at radius 1 is 1.12 bits per heavy atom. The summed E-state index contributed by atoms with van der Waals surface area (Å²) in [6.07, 6.45) is 1.42. The monoisotopic (exact) mass is 525 g/mol. The summed E-state index contributed by atoms with van der Waals surface area (Å²) in [6, 6.07) is 13.1. The van der Waals surface area contributed by atoms with E-state index in [1.807, 2.05) is 0 Å². The second kappa shape index (κ2) is 11.3. The van der Waals surface area contributed by atoms with Crippen molar-refractivity contribution < 1.29 is 22.7 Å². The fourth-order valence-corrected chi connectivity index (χ4v) is 4.74. The van der Waals surface area contributed by atoms with Crippen LogP contribution in [0.4, 0.5) is 5.69 Å². The lowest BCUT2D eigenvalue weighted by molar-refractivity contribution is -0.140. The lowest BCUT2D eigenvalue weighted by Crippen LogP contribution is -2.51. The van der Waals surface area contributed by atoms with Crippen molar-refractivity contribution in [1.29, 1.82) is 0 Å². The van der Waals surface area contributed by atoms with Gasteiger partial charge in [-0.25, -0.2) is 8.42 Å². The van der Waals surface area contributed by atoms with Crippen LogP contribution in [0.3, 0.4) is 0 Å². The van der Waals surface area contributed by atoms with Crippen LogP contribution in [0.25, 0.3) is 0 Å². The lowest BCUT2D eigenvalue weighted by Gasteiger charge is -2.32. The van der Waals surface area contributed by atoms with Crippen LogP contribution in [0.5, 0.6) is 5.75 Å². The summed E-state index contributed by atoms with van der Waals surface area (Å²) in [4.78, 5) is 27.4. The summed E-state index contributed by atoms with van der Waals surface area (Å²) in [5.41, 5.74) is 1.13. The molecule has 1 N–H and O–H groups in total. The number of carbonyl (C=O) groups excluding carboxylic acids is 2. The highest BCUT2D eigenvalue weighted by molar-refractivity contribution is 9.10. The van der Waals surface area contributed by atoms with Gasteiger partial charge in [0.2, 0.25) is 21.8 Å². The molecule has 0 heterocycles. The Kier molecular flexibility index (Phi) is 9.09. The van der Waals surface area contributed by atoms with Crippen molar-refractivity contribution in [2.45, 2.75) is 25.9 Å². The molecule has 0 fully saturated rings. The van der Waals surface area contributed by atoms with Crippen molar-refractivity contribution >= 4 is 43.5 Å². The number of anilines is 1. The fraction of sp³-hybridized carbons (Fsp3) is 0.364. The van der Waals surface area contributed by atoms with Gasteiger partial charge in [-0.15, -0.1) is 0 Å². The smallest absolute Gasteiger partial charge is 0.244 e. The molecule has 0 aliphatic carbocycles. The molecule has 0 saturated carbocycles. The molecule has 0 saturated heterocycles. The molecule has 2 aromatic carbocycles. The van der Waals surface area contributed by atoms with Gasteiger partial charge in [-0.2, -0.15) is 0 Å². The molecule has 0 aliphatic rings. The van der Waals surface area contributed by atoms with Crippen molar-refractivity contribution in [2.75, 3.05) is 31.3 Å². The molecule has 10 heteroatoms. The number of carbonyl (C=O) groups is 2. The van der Waals surface area contributed by atoms with Crippen molar-refractivity contribution in [2.24, 2.45) is 0 Å². The molecule has 174 valence electrons. The SMILES string of the molecule is CC[C@@H](C(=O)NC)N(Cc1ccc(OC)cc1)C(=O)CN(c1ccccc1Br)S(C)(=O)=O. The van der Waals surface area contributed by atoms with Gasteiger partial charge in [0.1, 0.15) is 18.3 Å². The first-order chi connectivity index (χ1) is 15.1. The number of ether oxygens (including phenoxy) is 1. The van der Waals surface area contributed by atoms with Gasteiger partial charge in [0.05, 0.1) is 19.1 Å². The maximum absolute atomic E-state index is 13.4. The second-order valence-electron chi connectivity index (χ2n) is 7.13. The third kappa shape index (κ3) is 6.46. The molecule has 2 aromatic rings. The third-order valence-corrected chi connectivity index (χ3v) is 6.74. The van der Waals surface area contributed by atoms with E-state index in [4.69, 9.17) is 4.74 Å². The average Bonchev–Trinajstić information content (AvgIpc) is 2.77. The van der Waals surface area contributed by atoms with E-state index in [0.29, 0.717) is 22.3 Å². The molecule has 2 amide bonds. The fourth-order valence-electron chi connectivity index (χ4n) is 3.26. The lowest BCUT2D eigenvalue weighted by atomic mass is 10.1. The summed E-state index contributed by atoms with van der Waals surface area (Å²) < 4.78 is 31.8. The zero-order chi connectivity index (χ0) is 23.9. The first-order valence-corrected chi connectivity index (χ1v) is 12.6. The number of nitrogens with zero attached hydrogens (tertiary/aromatic N) is 2. The third-order valence-electron chi connectivity index (χ3n) is 4.94.